The maximum Gasteiger partial charge on any atom is 1.00 e. The fourth-order valence-corrected chi connectivity index (χ4v) is 1.86. The zero-order chi connectivity index (χ0) is 18.1. The summed E-state index contributed by atoms with van der Waals surface area (Å²) in [5.74, 6) is 0. The minimum atomic E-state index is 0. The second-order valence-corrected chi connectivity index (χ2v) is 8.07. The van der Waals surface area contributed by atoms with Crippen molar-refractivity contribution in [2.24, 2.45) is 10.8 Å². The van der Waals surface area contributed by atoms with Crippen LogP contribution in [-0.2, 0) is 26.5 Å². The topological polar surface area (TPSA) is 18.5 Å². The summed E-state index contributed by atoms with van der Waals surface area (Å²) in [6, 6.07) is 0. The fourth-order valence-electron chi connectivity index (χ4n) is 1.86. The Morgan fingerprint density at radius 3 is 1.00 bits per heavy atom. The smallest absolute Gasteiger partial charge is 0.395 e. The van der Waals surface area contributed by atoms with Crippen molar-refractivity contribution in [3.63, 3.8) is 0 Å². The summed E-state index contributed by atoms with van der Waals surface area (Å²) >= 11 is 0. The Morgan fingerprint density at radius 1 is 0.750 bits per heavy atom. The molecule has 0 aromatic rings. The quantitative estimate of drug-likeness (QED) is 0.551. The van der Waals surface area contributed by atoms with Crippen molar-refractivity contribution in [1.82, 2.24) is 0 Å². The normalized spacial score (nSPS) is 15.2. The van der Waals surface area contributed by atoms with Crippen LogP contribution < -0.4 is 18.9 Å². The molecule has 0 saturated heterocycles. The van der Waals surface area contributed by atoms with Crippen molar-refractivity contribution in [3.8, 4) is 0 Å². The Hall–Kier alpha value is 0.257. The Kier molecular flexibility index (Phi) is 19.2. The van der Waals surface area contributed by atoms with Gasteiger partial charge in [0.1, 0.15) is 0 Å². The molecule has 0 fully saturated rings. The van der Waals surface area contributed by atoms with Crippen LogP contribution in [0.4, 0.5) is 0 Å². The van der Waals surface area contributed by atoms with Crippen molar-refractivity contribution in [2.75, 3.05) is 14.2 Å². The third-order valence-electron chi connectivity index (χ3n) is 3.09. The zero-order valence-electron chi connectivity index (χ0n) is 17.8. The summed E-state index contributed by atoms with van der Waals surface area (Å²) in [7, 11) is 3.46. The molecule has 0 bridgehead atoms. The predicted octanol–water partition coefficient (Wildman–Crippen LogP) is 2.66. The number of hydrogen-bond donors (Lipinski definition) is 0. The van der Waals surface area contributed by atoms with E-state index in [1.807, 2.05) is 13.8 Å². The number of allylic oxidation sites excluding steroid dienone is 2. The Morgan fingerprint density at radius 2 is 0.958 bits per heavy atom. The van der Waals surface area contributed by atoms with Gasteiger partial charge in [-0.05, 0) is 10.8 Å². The first-order chi connectivity index (χ1) is 9.75. The van der Waals surface area contributed by atoms with Gasteiger partial charge in [-0.3, -0.25) is 0 Å². The standard InChI is InChI=1S/2C10H19O.Cu.Li/c2*1-8(2)7-9(11-6)10(3,4)5;;/h2*7,9H,1H2,2-6H3;;/q2*-1;2*+1/b2*8-7-;;/t2*9-;;/m11../s1. The average molecular weight is 381 g/mol. The summed E-state index contributed by atoms with van der Waals surface area (Å²) in [4.78, 5) is 0. The molecule has 0 unspecified atom stereocenters. The summed E-state index contributed by atoms with van der Waals surface area (Å²) < 4.78 is 10.6. The summed E-state index contributed by atoms with van der Waals surface area (Å²) in [5.41, 5.74) is 2.44. The SMILES string of the molecule is [CH2-]/C(C)=C/[C@@H](OC)C(C)(C)C.[CH2-]/C(C)=C/[C@@H](OC)C(C)(C)C.[Cu+].[Li+]. The molecule has 0 rings (SSSR count). The van der Waals surface area contributed by atoms with Crippen LogP contribution in [0.3, 0.4) is 0 Å². The van der Waals surface area contributed by atoms with Gasteiger partial charge >= 0.3 is 35.9 Å². The van der Waals surface area contributed by atoms with E-state index in [2.05, 4.69) is 67.5 Å². The van der Waals surface area contributed by atoms with Crippen molar-refractivity contribution in [2.45, 2.75) is 67.6 Å². The largest absolute Gasteiger partial charge is 1.00 e. The predicted molar refractivity (Wildman–Crippen MR) is 98.7 cm³/mol. The molecule has 2 nitrogen and oxygen atoms in total. The molecule has 0 aliphatic rings. The van der Waals surface area contributed by atoms with Crippen molar-refractivity contribution >= 4 is 0 Å². The Labute approximate surface area is 174 Å². The summed E-state index contributed by atoms with van der Waals surface area (Å²) in [6.07, 6.45) is 4.44. The van der Waals surface area contributed by atoms with Crippen molar-refractivity contribution in [3.05, 3.63) is 37.1 Å². The molecule has 24 heavy (non-hydrogen) atoms. The number of hydrogen-bond acceptors (Lipinski definition) is 2. The molecule has 0 aromatic heterocycles. The van der Waals surface area contributed by atoms with E-state index in [0.29, 0.717) is 0 Å². The van der Waals surface area contributed by atoms with Crippen LogP contribution in [-0.4, -0.2) is 26.4 Å². The van der Waals surface area contributed by atoms with Gasteiger partial charge in [0.2, 0.25) is 0 Å². The van der Waals surface area contributed by atoms with Crippen LogP contribution in [0.5, 0.6) is 0 Å². The molecular weight excluding hydrogens is 343 g/mol. The molecule has 0 radical (unpaired) electrons. The van der Waals surface area contributed by atoms with E-state index < -0.39 is 0 Å². The molecule has 0 aromatic carbocycles. The van der Waals surface area contributed by atoms with Crippen LogP contribution in [0.2, 0.25) is 0 Å². The average Bonchev–Trinajstić information content (AvgIpc) is 2.30. The monoisotopic (exact) mass is 380 g/mol. The molecule has 0 heterocycles. The van der Waals surface area contributed by atoms with E-state index in [1.54, 1.807) is 14.2 Å². The number of rotatable bonds is 4. The molecule has 0 N–H and O–H groups in total. The minimum absolute atomic E-state index is 0. The van der Waals surface area contributed by atoms with Crippen molar-refractivity contribution < 1.29 is 45.4 Å². The van der Waals surface area contributed by atoms with E-state index in [4.69, 9.17) is 9.47 Å². The Balaban J connectivity index is -0.000000154. The van der Waals surface area contributed by atoms with E-state index >= 15 is 0 Å². The first-order valence-corrected chi connectivity index (χ1v) is 7.82. The summed E-state index contributed by atoms with van der Waals surface area (Å²) in [5, 5.41) is 0. The van der Waals surface area contributed by atoms with Crippen LogP contribution in [0.1, 0.15) is 55.4 Å². The molecule has 4 heteroatoms. The number of ether oxygens (including phenoxy) is 2. The second kappa shape index (κ2) is 14.4. The van der Waals surface area contributed by atoms with Gasteiger partial charge in [0.25, 0.3) is 0 Å². The van der Waals surface area contributed by atoms with Gasteiger partial charge in [0, 0.05) is 26.4 Å². The molecule has 0 aliphatic heterocycles. The third kappa shape index (κ3) is 17.1. The van der Waals surface area contributed by atoms with Gasteiger partial charge in [-0.25, -0.2) is 25.0 Å². The molecule has 2 atom stereocenters. The third-order valence-corrected chi connectivity index (χ3v) is 3.09. The van der Waals surface area contributed by atoms with E-state index in [1.165, 1.54) is 0 Å². The van der Waals surface area contributed by atoms with E-state index in [0.717, 1.165) is 11.1 Å². The van der Waals surface area contributed by atoms with E-state index in [9.17, 15) is 0 Å². The maximum absolute atomic E-state index is 5.31. The second-order valence-electron chi connectivity index (χ2n) is 8.07. The molecular formula is C20H38CuLiO2. The van der Waals surface area contributed by atoms with Gasteiger partial charge in [-0.2, -0.15) is 12.2 Å². The van der Waals surface area contributed by atoms with Crippen molar-refractivity contribution in [1.29, 1.82) is 0 Å². The van der Waals surface area contributed by atoms with Gasteiger partial charge in [0.15, 0.2) is 0 Å². The van der Waals surface area contributed by atoms with Gasteiger partial charge in [-0.15, -0.1) is 0 Å². The molecule has 0 spiro atoms. The van der Waals surface area contributed by atoms with Gasteiger partial charge in [0.05, 0.1) is 0 Å². The molecule has 0 aliphatic carbocycles. The summed E-state index contributed by atoms with van der Waals surface area (Å²) in [6.45, 7) is 24.5. The molecule has 0 saturated carbocycles. The van der Waals surface area contributed by atoms with Crippen LogP contribution in [0.25, 0.3) is 0 Å². The zero-order valence-corrected chi connectivity index (χ0v) is 18.8. The number of methoxy groups -OCH3 is 2. The van der Waals surface area contributed by atoms with Crippen LogP contribution >= 0.6 is 0 Å². The van der Waals surface area contributed by atoms with Gasteiger partial charge in [-0.1, -0.05) is 55.4 Å². The molecule has 0 amide bonds. The minimum Gasteiger partial charge on any atom is -0.395 e. The first-order valence-electron chi connectivity index (χ1n) is 7.82. The first kappa shape index (κ1) is 32.0. The van der Waals surface area contributed by atoms with Crippen LogP contribution in [0.15, 0.2) is 23.3 Å². The Bertz CT molecular complexity index is 319. The molecule has 142 valence electrons. The van der Waals surface area contributed by atoms with Crippen LogP contribution in [0, 0.1) is 24.7 Å². The fraction of sp³-hybridized carbons (Fsp3) is 0.700. The van der Waals surface area contributed by atoms with Gasteiger partial charge < -0.3 is 9.47 Å². The van der Waals surface area contributed by atoms with E-state index in [-0.39, 0.29) is 59.0 Å². The maximum atomic E-state index is 5.31.